The topological polar surface area (TPSA) is 12.0 Å². The Kier molecular flexibility index (Phi) is 5.52. The van der Waals surface area contributed by atoms with Crippen molar-refractivity contribution in [2.45, 2.75) is 19.4 Å². The number of nitrogens with one attached hydrogen (secondary N) is 1. The average molecular weight is 419 g/mol. The largest absolute Gasteiger partial charge is 0.313 e. The van der Waals surface area contributed by atoms with Gasteiger partial charge in [0, 0.05) is 21.1 Å². The molecule has 1 N–H and O–H groups in total. The second kappa shape index (κ2) is 6.99. The van der Waals surface area contributed by atoms with E-state index in [1.807, 2.05) is 26.1 Å². The van der Waals surface area contributed by atoms with Crippen molar-refractivity contribution in [3.8, 4) is 0 Å². The van der Waals surface area contributed by atoms with Crippen LogP contribution in [0, 0.1) is 18.6 Å². The molecule has 112 valence electrons. The van der Waals surface area contributed by atoms with Crippen molar-refractivity contribution in [3.05, 3.63) is 67.6 Å². The maximum Gasteiger partial charge on any atom is 0.129 e. The first kappa shape index (κ1) is 16.6. The van der Waals surface area contributed by atoms with Crippen molar-refractivity contribution < 1.29 is 8.78 Å². The zero-order valence-electron chi connectivity index (χ0n) is 11.7. The Hall–Kier alpha value is -0.780. The lowest BCUT2D eigenvalue weighted by Crippen LogP contribution is -2.20. The number of benzene rings is 2. The minimum atomic E-state index is -0.559. The molecule has 2 rings (SSSR count). The van der Waals surface area contributed by atoms with Crippen molar-refractivity contribution in [2.24, 2.45) is 0 Å². The van der Waals surface area contributed by atoms with Crippen molar-refractivity contribution in [2.75, 3.05) is 7.05 Å². The second-order valence-corrected chi connectivity index (χ2v) is 6.61. The van der Waals surface area contributed by atoms with Gasteiger partial charge < -0.3 is 5.32 Å². The van der Waals surface area contributed by atoms with Crippen LogP contribution >= 0.6 is 31.9 Å². The Bertz CT molecular complexity index is 659. The predicted octanol–water partition coefficient (Wildman–Crippen LogP) is 5.30. The molecule has 0 saturated carbocycles. The molecule has 1 unspecified atom stereocenters. The summed E-state index contributed by atoms with van der Waals surface area (Å²) in [6, 6.07) is 7.66. The first-order chi connectivity index (χ1) is 9.92. The van der Waals surface area contributed by atoms with E-state index in [0.29, 0.717) is 12.0 Å². The predicted molar refractivity (Wildman–Crippen MR) is 88.4 cm³/mol. The van der Waals surface area contributed by atoms with Gasteiger partial charge in [0.25, 0.3) is 0 Å². The quantitative estimate of drug-likeness (QED) is 0.710. The van der Waals surface area contributed by atoms with Gasteiger partial charge in [0.15, 0.2) is 0 Å². The molecule has 21 heavy (non-hydrogen) atoms. The Morgan fingerprint density at radius 1 is 1.10 bits per heavy atom. The van der Waals surface area contributed by atoms with Gasteiger partial charge in [-0.1, -0.05) is 37.9 Å². The lowest BCUT2D eigenvalue weighted by molar-refractivity contribution is 0.539. The van der Waals surface area contributed by atoms with Gasteiger partial charge in [-0.3, -0.25) is 0 Å². The summed E-state index contributed by atoms with van der Waals surface area (Å²) in [7, 11) is 1.83. The molecule has 0 radical (unpaired) electrons. The molecule has 5 heteroatoms. The van der Waals surface area contributed by atoms with E-state index in [1.54, 1.807) is 0 Å². The highest BCUT2D eigenvalue weighted by molar-refractivity contribution is 9.11. The van der Waals surface area contributed by atoms with Crippen LogP contribution in [0.1, 0.15) is 22.7 Å². The number of rotatable bonds is 4. The summed E-state index contributed by atoms with van der Waals surface area (Å²) < 4.78 is 28.8. The summed E-state index contributed by atoms with van der Waals surface area (Å²) in [6.45, 7) is 2.01. The van der Waals surface area contributed by atoms with E-state index in [9.17, 15) is 8.78 Å². The summed E-state index contributed by atoms with van der Waals surface area (Å²) >= 11 is 7.07. The van der Waals surface area contributed by atoms with Crippen LogP contribution in [0.15, 0.2) is 39.3 Å². The van der Waals surface area contributed by atoms with Crippen LogP contribution in [0.5, 0.6) is 0 Å². The Morgan fingerprint density at radius 3 is 2.43 bits per heavy atom. The number of halogens is 4. The summed E-state index contributed by atoms with van der Waals surface area (Å²) in [5.41, 5.74) is 2.63. The zero-order valence-corrected chi connectivity index (χ0v) is 14.9. The smallest absolute Gasteiger partial charge is 0.129 e. The molecular weight excluding hydrogens is 404 g/mol. The molecule has 0 spiro atoms. The molecule has 0 aliphatic rings. The van der Waals surface area contributed by atoms with Gasteiger partial charge in [0.1, 0.15) is 11.6 Å². The van der Waals surface area contributed by atoms with Crippen LogP contribution in [0.3, 0.4) is 0 Å². The number of aryl methyl sites for hydroxylation is 1. The molecule has 0 heterocycles. The number of hydrogen-bond donors (Lipinski definition) is 1. The molecule has 2 aromatic carbocycles. The van der Waals surface area contributed by atoms with Crippen LogP contribution in [0.4, 0.5) is 8.78 Å². The van der Waals surface area contributed by atoms with Crippen LogP contribution < -0.4 is 5.32 Å². The van der Waals surface area contributed by atoms with E-state index >= 15 is 0 Å². The SMILES string of the molecule is CNC(Cc1ccc(F)cc1F)c1cc(Br)c(C)cc1Br. The highest BCUT2D eigenvalue weighted by Crippen LogP contribution is 2.31. The molecule has 0 saturated heterocycles. The van der Waals surface area contributed by atoms with Crippen molar-refractivity contribution in [1.82, 2.24) is 5.32 Å². The Balaban J connectivity index is 2.34. The maximum absolute atomic E-state index is 13.8. The maximum atomic E-state index is 13.8. The first-order valence-corrected chi connectivity index (χ1v) is 8.07. The Labute approximate surface area is 140 Å². The summed E-state index contributed by atoms with van der Waals surface area (Å²) in [5, 5.41) is 3.18. The number of hydrogen-bond acceptors (Lipinski definition) is 1. The van der Waals surface area contributed by atoms with Gasteiger partial charge in [-0.25, -0.2) is 8.78 Å². The van der Waals surface area contributed by atoms with Gasteiger partial charge in [0.05, 0.1) is 0 Å². The van der Waals surface area contributed by atoms with E-state index < -0.39 is 11.6 Å². The van der Waals surface area contributed by atoms with Crippen LogP contribution in [0.25, 0.3) is 0 Å². The van der Waals surface area contributed by atoms with E-state index in [1.165, 1.54) is 12.1 Å². The fraction of sp³-hybridized carbons (Fsp3) is 0.250. The molecule has 0 fully saturated rings. The second-order valence-electron chi connectivity index (χ2n) is 4.90. The average Bonchev–Trinajstić information content (AvgIpc) is 2.43. The highest BCUT2D eigenvalue weighted by Gasteiger charge is 2.17. The van der Waals surface area contributed by atoms with Gasteiger partial charge in [-0.2, -0.15) is 0 Å². The molecule has 1 nitrogen and oxygen atoms in total. The molecule has 0 aliphatic heterocycles. The summed E-state index contributed by atoms with van der Waals surface area (Å²) in [5.74, 6) is -1.07. The molecule has 0 aromatic heterocycles. The summed E-state index contributed by atoms with van der Waals surface area (Å²) in [6.07, 6.45) is 0.441. The summed E-state index contributed by atoms with van der Waals surface area (Å²) in [4.78, 5) is 0. The van der Waals surface area contributed by atoms with Crippen LogP contribution in [-0.2, 0) is 6.42 Å². The molecule has 0 aliphatic carbocycles. The highest BCUT2D eigenvalue weighted by atomic mass is 79.9. The van der Waals surface area contributed by atoms with Crippen LogP contribution in [0.2, 0.25) is 0 Å². The van der Waals surface area contributed by atoms with Crippen molar-refractivity contribution in [1.29, 1.82) is 0 Å². The molecule has 1 atom stereocenters. The standard InChI is InChI=1S/C16H15Br2F2N/c1-9-5-14(18)12(8-13(9)17)16(21-2)6-10-3-4-11(19)7-15(10)20/h3-5,7-8,16,21H,6H2,1-2H3. The third kappa shape index (κ3) is 3.90. The molecule has 0 amide bonds. The van der Waals surface area contributed by atoms with Crippen molar-refractivity contribution >= 4 is 31.9 Å². The third-order valence-electron chi connectivity index (χ3n) is 3.44. The van der Waals surface area contributed by atoms with Gasteiger partial charge >= 0.3 is 0 Å². The molecular formula is C16H15Br2F2N. The normalized spacial score (nSPS) is 12.5. The monoisotopic (exact) mass is 417 g/mol. The fourth-order valence-corrected chi connectivity index (χ4v) is 3.30. The minimum absolute atomic E-state index is 0.0729. The van der Waals surface area contributed by atoms with E-state index in [4.69, 9.17) is 0 Å². The van der Waals surface area contributed by atoms with Gasteiger partial charge in [-0.05, 0) is 55.3 Å². The van der Waals surface area contributed by atoms with Crippen LogP contribution in [-0.4, -0.2) is 7.05 Å². The minimum Gasteiger partial charge on any atom is -0.313 e. The zero-order chi connectivity index (χ0) is 15.6. The van der Waals surface area contributed by atoms with Crippen molar-refractivity contribution in [3.63, 3.8) is 0 Å². The molecule has 0 bridgehead atoms. The molecule has 2 aromatic rings. The Morgan fingerprint density at radius 2 is 1.81 bits per heavy atom. The van der Waals surface area contributed by atoms with E-state index in [-0.39, 0.29) is 6.04 Å². The van der Waals surface area contributed by atoms with E-state index in [2.05, 4.69) is 37.2 Å². The van der Waals surface area contributed by atoms with E-state index in [0.717, 1.165) is 26.1 Å². The first-order valence-electron chi connectivity index (χ1n) is 6.49. The number of likely N-dealkylation sites (N-methyl/N-ethyl adjacent to an activating group) is 1. The lowest BCUT2D eigenvalue weighted by Gasteiger charge is -2.20. The van der Waals surface area contributed by atoms with Gasteiger partial charge in [-0.15, -0.1) is 0 Å². The fourth-order valence-electron chi connectivity index (χ4n) is 2.20. The van der Waals surface area contributed by atoms with Gasteiger partial charge in [0.2, 0.25) is 0 Å². The lowest BCUT2D eigenvalue weighted by atomic mass is 9.98. The third-order valence-corrected chi connectivity index (χ3v) is 4.98.